The molecular weight excluding hydrogens is 366 g/mol. The molecule has 0 radical (unpaired) electrons. The first-order valence-corrected chi connectivity index (χ1v) is 9.93. The highest BCUT2D eigenvalue weighted by atomic mass is 16.5. The third kappa shape index (κ3) is 4.55. The SMILES string of the molecule is CC(CNC(=O)c1ccccc1-c1ncc(-c2ccccc2)o1)N1CCOCC1. The average molecular weight is 391 g/mol. The molecule has 0 spiro atoms. The molecule has 2 aromatic carbocycles. The van der Waals surface area contributed by atoms with Crippen LogP contribution in [0.25, 0.3) is 22.8 Å². The molecule has 1 aliphatic rings. The Bertz CT molecular complexity index is 949. The molecule has 3 aromatic rings. The first kappa shape index (κ1) is 19.4. The van der Waals surface area contributed by atoms with Gasteiger partial charge in [-0.2, -0.15) is 0 Å². The molecule has 1 fully saturated rings. The highest BCUT2D eigenvalue weighted by Gasteiger charge is 2.20. The summed E-state index contributed by atoms with van der Waals surface area (Å²) in [5.74, 6) is 0.993. The highest BCUT2D eigenvalue weighted by Crippen LogP contribution is 2.28. The van der Waals surface area contributed by atoms with Crippen molar-refractivity contribution in [1.82, 2.24) is 15.2 Å². The lowest BCUT2D eigenvalue weighted by atomic mass is 10.1. The van der Waals surface area contributed by atoms with Gasteiger partial charge in [0.25, 0.3) is 5.91 Å². The number of aromatic nitrogens is 1. The van der Waals surface area contributed by atoms with Crippen LogP contribution in [0.15, 0.2) is 65.2 Å². The summed E-state index contributed by atoms with van der Waals surface area (Å²) in [7, 11) is 0. The molecule has 1 aromatic heterocycles. The fourth-order valence-corrected chi connectivity index (χ4v) is 3.49. The molecule has 1 aliphatic heterocycles. The topological polar surface area (TPSA) is 67.6 Å². The predicted molar refractivity (Wildman–Crippen MR) is 112 cm³/mol. The van der Waals surface area contributed by atoms with Crippen LogP contribution >= 0.6 is 0 Å². The maximum Gasteiger partial charge on any atom is 0.252 e. The minimum atomic E-state index is -0.125. The molecule has 29 heavy (non-hydrogen) atoms. The Morgan fingerprint density at radius 1 is 1.10 bits per heavy atom. The fourth-order valence-electron chi connectivity index (χ4n) is 3.49. The quantitative estimate of drug-likeness (QED) is 0.697. The van der Waals surface area contributed by atoms with Crippen molar-refractivity contribution >= 4 is 5.91 Å². The Morgan fingerprint density at radius 3 is 2.62 bits per heavy atom. The Balaban J connectivity index is 1.48. The minimum Gasteiger partial charge on any atom is -0.436 e. The van der Waals surface area contributed by atoms with Gasteiger partial charge in [-0.15, -0.1) is 0 Å². The van der Waals surface area contributed by atoms with E-state index in [0.717, 1.165) is 31.9 Å². The molecule has 0 saturated carbocycles. The number of hydrogen-bond donors (Lipinski definition) is 1. The van der Waals surface area contributed by atoms with Crippen molar-refractivity contribution in [2.45, 2.75) is 13.0 Å². The van der Waals surface area contributed by atoms with E-state index in [0.29, 0.717) is 29.3 Å². The van der Waals surface area contributed by atoms with Gasteiger partial charge in [-0.25, -0.2) is 4.98 Å². The number of benzene rings is 2. The molecule has 6 heteroatoms. The number of nitrogens with zero attached hydrogens (tertiary/aromatic N) is 2. The van der Waals surface area contributed by atoms with Crippen molar-refractivity contribution in [3.8, 4) is 22.8 Å². The fraction of sp³-hybridized carbons (Fsp3) is 0.304. The summed E-state index contributed by atoms with van der Waals surface area (Å²) < 4.78 is 11.4. The summed E-state index contributed by atoms with van der Waals surface area (Å²) in [6.45, 7) is 5.98. The second-order valence-electron chi connectivity index (χ2n) is 7.15. The van der Waals surface area contributed by atoms with E-state index >= 15 is 0 Å². The van der Waals surface area contributed by atoms with Crippen LogP contribution in [-0.2, 0) is 4.74 Å². The third-order valence-electron chi connectivity index (χ3n) is 5.19. The second-order valence-corrected chi connectivity index (χ2v) is 7.15. The van der Waals surface area contributed by atoms with Crippen molar-refractivity contribution in [1.29, 1.82) is 0 Å². The Hall–Kier alpha value is -2.96. The van der Waals surface area contributed by atoms with E-state index in [2.05, 4.69) is 22.1 Å². The molecule has 0 bridgehead atoms. The zero-order valence-corrected chi connectivity index (χ0v) is 16.5. The van der Waals surface area contributed by atoms with Crippen LogP contribution < -0.4 is 5.32 Å². The number of carbonyl (C=O) groups excluding carboxylic acids is 1. The molecular formula is C23H25N3O3. The second kappa shape index (κ2) is 9.03. The lowest BCUT2D eigenvalue weighted by Gasteiger charge is -2.32. The largest absolute Gasteiger partial charge is 0.436 e. The van der Waals surface area contributed by atoms with E-state index in [1.54, 1.807) is 12.3 Å². The average Bonchev–Trinajstić information content (AvgIpc) is 3.28. The van der Waals surface area contributed by atoms with Crippen molar-refractivity contribution in [3.05, 3.63) is 66.4 Å². The number of nitrogens with one attached hydrogen (secondary N) is 1. The van der Waals surface area contributed by atoms with Gasteiger partial charge in [0.15, 0.2) is 5.76 Å². The first-order chi connectivity index (χ1) is 14.2. The van der Waals surface area contributed by atoms with Gasteiger partial charge in [-0.05, 0) is 19.1 Å². The lowest BCUT2D eigenvalue weighted by molar-refractivity contribution is 0.0204. The van der Waals surface area contributed by atoms with E-state index in [1.165, 1.54) is 0 Å². The molecule has 6 nitrogen and oxygen atoms in total. The van der Waals surface area contributed by atoms with Gasteiger partial charge < -0.3 is 14.5 Å². The molecule has 2 heterocycles. The number of amides is 1. The molecule has 1 amide bonds. The number of carbonyl (C=O) groups is 1. The van der Waals surface area contributed by atoms with Gasteiger partial charge in [0.1, 0.15) is 0 Å². The first-order valence-electron chi connectivity index (χ1n) is 9.93. The summed E-state index contributed by atoms with van der Waals surface area (Å²) in [4.78, 5) is 19.6. The number of morpholine rings is 1. The highest BCUT2D eigenvalue weighted by molar-refractivity contribution is 6.00. The lowest BCUT2D eigenvalue weighted by Crippen LogP contribution is -2.47. The standard InChI is InChI=1S/C23H25N3O3/c1-17(26-11-13-28-14-12-26)15-24-22(27)19-9-5-6-10-20(19)23-25-16-21(29-23)18-7-3-2-4-8-18/h2-10,16-17H,11-15H2,1H3,(H,24,27). The van der Waals surface area contributed by atoms with Crippen LogP contribution in [0.3, 0.4) is 0 Å². The maximum absolute atomic E-state index is 12.9. The maximum atomic E-state index is 12.9. The summed E-state index contributed by atoms with van der Waals surface area (Å²) in [5.41, 5.74) is 2.20. The van der Waals surface area contributed by atoms with Crippen LogP contribution in [0.5, 0.6) is 0 Å². The van der Waals surface area contributed by atoms with E-state index in [9.17, 15) is 4.79 Å². The van der Waals surface area contributed by atoms with Gasteiger partial charge in [0, 0.05) is 36.8 Å². The summed E-state index contributed by atoms with van der Waals surface area (Å²) >= 11 is 0. The third-order valence-corrected chi connectivity index (χ3v) is 5.19. The van der Waals surface area contributed by atoms with Crippen molar-refractivity contribution in [2.24, 2.45) is 0 Å². The Kier molecular flexibility index (Phi) is 6.03. The van der Waals surface area contributed by atoms with Gasteiger partial charge in [-0.3, -0.25) is 9.69 Å². The molecule has 1 N–H and O–H groups in total. The van der Waals surface area contributed by atoms with Gasteiger partial charge >= 0.3 is 0 Å². The molecule has 150 valence electrons. The molecule has 1 unspecified atom stereocenters. The van der Waals surface area contributed by atoms with Crippen LogP contribution in [0.1, 0.15) is 17.3 Å². The Morgan fingerprint density at radius 2 is 1.83 bits per heavy atom. The summed E-state index contributed by atoms with van der Waals surface area (Å²) in [6, 6.07) is 17.5. The zero-order chi connectivity index (χ0) is 20.1. The number of ether oxygens (including phenoxy) is 1. The normalized spacial score (nSPS) is 15.8. The van der Waals surface area contributed by atoms with E-state index in [1.807, 2.05) is 48.5 Å². The molecule has 1 saturated heterocycles. The number of rotatable bonds is 6. The van der Waals surface area contributed by atoms with Crippen LogP contribution in [0.2, 0.25) is 0 Å². The summed E-state index contributed by atoms with van der Waals surface area (Å²) in [6.07, 6.45) is 1.69. The molecule has 1 atom stereocenters. The summed E-state index contributed by atoms with van der Waals surface area (Å²) in [5, 5.41) is 3.05. The Labute approximate surface area is 170 Å². The van der Waals surface area contributed by atoms with E-state index < -0.39 is 0 Å². The molecule has 4 rings (SSSR count). The van der Waals surface area contributed by atoms with Crippen molar-refractivity contribution < 1.29 is 13.9 Å². The monoisotopic (exact) mass is 391 g/mol. The zero-order valence-electron chi connectivity index (χ0n) is 16.5. The smallest absolute Gasteiger partial charge is 0.252 e. The van der Waals surface area contributed by atoms with Crippen molar-refractivity contribution in [3.63, 3.8) is 0 Å². The predicted octanol–water partition coefficient (Wildman–Crippen LogP) is 3.46. The minimum absolute atomic E-state index is 0.125. The van der Waals surface area contributed by atoms with E-state index in [4.69, 9.17) is 9.15 Å². The van der Waals surface area contributed by atoms with Gasteiger partial charge in [0.05, 0.1) is 25.0 Å². The van der Waals surface area contributed by atoms with Gasteiger partial charge in [-0.1, -0.05) is 42.5 Å². The van der Waals surface area contributed by atoms with Crippen molar-refractivity contribution in [2.75, 3.05) is 32.8 Å². The van der Waals surface area contributed by atoms with Crippen LogP contribution in [0.4, 0.5) is 0 Å². The number of oxazole rings is 1. The van der Waals surface area contributed by atoms with Crippen LogP contribution in [0, 0.1) is 0 Å². The molecule has 0 aliphatic carbocycles. The van der Waals surface area contributed by atoms with E-state index in [-0.39, 0.29) is 11.9 Å². The van der Waals surface area contributed by atoms with Gasteiger partial charge in [0.2, 0.25) is 5.89 Å². The van der Waals surface area contributed by atoms with Crippen LogP contribution in [-0.4, -0.2) is 54.7 Å². The number of hydrogen-bond acceptors (Lipinski definition) is 5.